The molecule has 1 aliphatic heterocycles. The largest absolute Gasteiger partial charge is 0.416 e. The van der Waals surface area contributed by atoms with Gasteiger partial charge in [0, 0.05) is 56.9 Å². The van der Waals surface area contributed by atoms with E-state index in [-0.39, 0.29) is 0 Å². The summed E-state index contributed by atoms with van der Waals surface area (Å²) >= 11 is 0. The summed E-state index contributed by atoms with van der Waals surface area (Å²) in [6.07, 6.45) is 7.01. The highest BCUT2D eigenvalue weighted by Crippen LogP contribution is 2.34. The van der Waals surface area contributed by atoms with Crippen molar-refractivity contribution in [3.63, 3.8) is 0 Å². The van der Waals surface area contributed by atoms with Crippen LogP contribution < -0.4 is 0 Å². The van der Waals surface area contributed by atoms with Gasteiger partial charge in [-0.3, -0.25) is 9.97 Å². The molecule has 0 spiro atoms. The first-order valence-corrected chi connectivity index (χ1v) is 15.8. The average molecular weight is 649 g/mol. The van der Waals surface area contributed by atoms with Gasteiger partial charge in [0.05, 0.1) is 35.2 Å². The Hall–Kier alpha value is -7.20. The van der Waals surface area contributed by atoms with E-state index in [1.165, 1.54) is 0 Å². The number of nitrogens with zero attached hydrogens (tertiary/aromatic N) is 8. The zero-order valence-corrected chi connectivity index (χ0v) is 26.3. The maximum absolute atomic E-state index is 5.99. The van der Waals surface area contributed by atoms with Crippen LogP contribution in [-0.4, -0.2) is 41.8 Å². The van der Waals surface area contributed by atoms with Gasteiger partial charge in [0.2, 0.25) is 23.6 Å². The molecule has 4 aromatic heterocycles. The summed E-state index contributed by atoms with van der Waals surface area (Å²) in [5.41, 5.74) is 9.61. The van der Waals surface area contributed by atoms with E-state index < -0.39 is 0 Å². The predicted molar refractivity (Wildman–Crippen MR) is 189 cm³/mol. The maximum atomic E-state index is 5.99. The van der Waals surface area contributed by atoms with E-state index in [4.69, 9.17) is 18.8 Å². The van der Waals surface area contributed by atoms with Crippen LogP contribution in [0, 0.1) is 0 Å². The van der Waals surface area contributed by atoms with Crippen molar-refractivity contribution in [2.24, 2.45) is 9.98 Å². The highest BCUT2D eigenvalue weighted by molar-refractivity contribution is 6.22. The predicted octanol–water partition coefficient (Wildman–Crippen LogP) is 8.56. The molecule has 236 valence electrons. The number of aliphatic imine (C=N–C) groups is 2. The lowest BCUT2D eigenvalue weighted by atomic mass is 9.96. The Morgan fingerprint density at radius 1 is 0.340 bits per heavy atom. The molecule has 0 saturated carbocycles. The van der Waals surface area contributed by atoms with Crippen LogP contribution in [0.4, 0.5) is 11.4 Å². The highest BCUT2D eigenvalue weighted by atomic mass is 16.4. The molecular formula is C40H24N8O2. The van der Waals surface area contributed by atoms with E-state index in [9.17, 15) is 0 Å². The molecule has 0 atom stereocenters. The number of rotatable bonds is 6. The van der Waals surface area contributed by atoms with Gasteiger partial charge >= 0.3 is 0 Å². The Bertz CT molecular complexity index is 2340. The van der Waals surface area contributed by atoms with Crippen LogP contribution in [0.2, 0.25) is 0 Å². The fraction of sp³-hybridized carbons (Fsp3) is 0. The lowest BCUT2D eigenvalue weighted by Crippen LogP contribution is -2.10. The van der Waals surface area contributed by atoms with Crippen molar-refractivity contribution >= 4 is 22.8 Å². The fourth-order valence-electron chi connectivity index (χ4n) is 5.77. The summed E-state index contributed by atoms with van der Waals surface area (Å²) in [6, 6.07) is 39.0. The zero-order chi connectivity index (χ0) is 33.3. The van der Waals surface area contributed by atoms with Crippen LogP contribution >= 0.6 is 0 Å². The lowest BCUT2D eigenvalue weighted by molar-refractivity contribution is 0.584. The van der Waals surface area contributed by atoms with Gasteiger partial charge in [0.25, 0.3) is 0 Å². The molecular weight excluding hydrogens is 624 g/mol. The Balaban J connectivity index is 1.06. The molecule has 0 amide bonds. The second-order valence-corrected chi connectivity index (χ2v) is 11.4. The van der Waals surface area contributed by atoms with E-state index in [2.05, 4.69) is 30.4 Å². The molecule has 50 heavy (non-hydrogen) atoms. The molecule has 0 fully saturated rings. The number of aromatic nitrogens is 6. The lowest BCUT2D eigenvalue weighted by Gasteiger charge is -2.17. The minimum absolute atomic E-state index is 0.435. The van der Waals surface area contributed by atoms with Crippen molar-refractivity contribution in [1.82, 2.24) is 30.4 Å². The molecule has 10 nitrogen and oxygen atoms in total. The Morgan fingerprint density at radius 2 is 0.680 bits per heavy atom. The SMILES string of the molecule is c1ccc(-c2nnc(-c3ccc(C4=Nc5cnccc5C(c5ccc(-c6nnc(-c7ccccc7)o6)cc5)=Nc5cnccc54)cc3)o2)cc1. The third-order valence-electron chi connectivity index (χ3n) is 8.28. The van der Waals surface area contributed by atoms with E-state index in [1.54, 1.807) is 24.8 Å². The molecule has 0 saturated heterocycles. The van der Waals surface area contributed by atoms with Gasteiger partial charge < -0.3 is 8.83 Å². The third-order valence-corrected chi connectivity index (χ3v) is 8.28. The molecule has 0 N–H and O–H groups in total. The summed E-state index contributed by atoms with van der Waals surface area (Å²) in [4.78, 5) is 19.2. The first kappa shape index (κ1) is 29.0. The molecule has 0 radical (unpaired) electrons. The molecule has 10 heteroatoms. The normalized spacial score (nSPS) is 12.2. The smallest absolute Gasteiger partial charge is 0.248 e. The quantitative estimate of drug-likeness (QED) is 0.175. The molecule has 9 rings (SSSR count). The van der Waals surface area contributed by atoms with Gasteiger partial charge in [0.1, 0.15) is 0 Å². The summed E-state index contributed by atoms with van der Waals surface area (Å²) in [6.45, 7) is 0. The minimum atomic E-state index is 0.435. The summed E-state index contributed by atoms with van der Waals surface area (Å²) in [5, 5.41) is 17.0. The van der Waals surface area contributed by atoms with Crippen molar-refractivity contribution < 1.29 is 8.83 Å². The van der Waals surface area contributed by atoms with Gasteiger partial charge in [-0.05, 0) is 60.7 Å². The van der Waals surface area contributed by atoms with Gasteiger partial charge in [-0.15, -0.1) is 20.4 Å². The van der Waals surface area contributed by atoms with Crippen molar-refractivity contribution in [2.45, 2.75) is 0 Å². The second-order valence-electron chi connectivity index (χ2n) is 11.4. The van der Waals surface area contributed by atoms with Crippen molar-refractivity contribution in [3.05, 3.63) is 168 Å². The van der Waals surface area contributed by atoms with Crippen LogP contribution in [0.3, 0.4) is 0 Å². The number of hydrogen-bond acceptors (Lipinski definition) is 10. The van der Waals surface area contributed by atoms with Crippen molar-refractivity contribution in [3.8, 4) is 45.8 Å². The van der Waals surface area contributed by atoms with Gasteiger partial charge in [0.15, 0.2) is 0 Å². The maximum Gasteiger partial charge on any atom is 0.248 e. The van der Waals surface area contributed by atoms with E-state index in [1.807, 2.05) is 121 Å². The zero-order valence-electron chi connectivity index (χ0n) is 26.3. The Kier molecular flexibility index (Phi) is 7.21. The molecule has 5 heterocycles. The minimum Gasteiger partial charge on any atom is -0.416 e. The van der Waals surface area contributed by atoms with Crippen LogP contribution in [0.5, 0.6) is 0 Å². The summed E-state index contributed by atoms with van der Waals surface area (Å²) < 4.78 is 12.0. The standard InChI is InChI=1S/C40H24N8O2/c1-3-7-27(8-4-1)37-45-47-39(49-37)29-15-11-25(12-16-29)35-31-19-21-41-23-33(31)44-36(32-20-22-42-24-34(32)43-35)26-13-17-30(18-14-26)40-48-46-38(50-40)28-9-5-2-6-10-28/h1-24H. The topological polar surface area (TPSA) is 128 Å². The van der Waals surface area contributed by atoms with Gasteiger partial charge in [-0.25, -0.2) is 9.98 Å². The van der Waals surface area contributed by atoms with Crippen molar-refractivity contribution in [1.29, 1.82) is 0 Å². The molecule has 8 aromatic rings. The van der Waals surface area contributed by atoms with Gasteiger partial charge in [-0.1, -0.05) is 60.7 Å². The van der Waals surface area contributed by atoms with Crippen LogP contribution in [0.1, 0.15) is 22.3 Å². The Labute approximate surface area is 285 Å². The molecule has 1 aliphatic rings. The fourth-order valence-corrected chi connectivity index (χ4v) is 5.77. The molecule has 0 aliphatic carbocycles. The van der Waals surface area contributed by atoms with Gasteiger partial charge in [-0.2, -0.15) is 0 Å². The summed E-state index contributed by atoms with van der Waals surface area (Å²) in [7, 11) is 0. The number of fused-ring (bicyclic) bond motifs is 2. The number of benzene rings is 4. The van der Waals surface area contributed by atoms with Crippen LogP contribution in [0.25, 0.3) is 45.8 Å². The van der Waals surface area contributed by atoms with E-state index in [0.29, 0.717) is 34.9 Å². The Morgan fingerprint density at radius 3 is 1.06 bits per heavy atom. The van der Waals surface area contributed by atoms with E-state index in [0.717, 1.165) is 55.9 Å². The first-order valence-electron chi connectivity index (χ1n) is 15.8. The third kappa shape index (κ3) is 5.46. The molecule has 0 bridgehead atoms. The molecule has 4 aromatic carbocycles. The monoisotopic (exact) mass is 648 g/mol. The molecule has 0 unspecified atom stereocenters. The van der Waals surface area contributed by atoms with Crippen LogP contribution in [-0.2, 0) is 0 Å². The second kappa shape index (κ2) is 12.4. The average Bonchev–Trinajstić information content (AvgIpc) is 3.89. The number of pyridine rings is 2. The first-order chi connectivity index (χ1) is 24.8. The van der Waals surface area contributed by atoms with Crippen LogP contribution in [0.15, 0.2) is 165 Å². The van der Waals surface area contributed by atoms with Crippen molar-refractivity contribution in [2.75, 3.05) is 0 Å². The number of hydrogen-bond donors (Lipinski definition) is 0. The summed E-state index contributed by atoms with van der Waals surface area (Å²) in [5.74, 6) is 1.81. The highest BCUT2D eigenvalue weighted by Gasteiger charge is 2.21. The van der Waals surface area contributed by atoms with E-state index >= 15 is 0 Å².